The second kappa shape index (κ2) is 9.45. The summed E-state index contributed by atoms with van der Waals surface area (Å²) in [5.41, 5.74) is 0.178. The van der Waals surface area contributed by atoms with E-state index in [0.29, 0.717) is 11.5 Å². The minimum atomic E-state index is -0.481. The number of methoxy groups -OCH3 is 2. The topological polar surface area (TPSA) is 76.0 Å². The van der Waals surface area contributed by atoms with Crippen LogP contribution in [0.3, 0.4) is 0 Å². The Balaban J connectivity index is 0.00000220. The van der Waals surface area contributed by atoms with Gasteiger partial charge in [-0.2, -0.15) is 0 Å². The predicted octanol–water partition coefficient (Wildman–Crippen LogP) is 1.05. The van der Waals surface area contributed by atoms with Crippen molar-refractivity contribution in [1.82, 2.24) is 0 Å². The van der Waals surface area contributed by atoms with Crippen LogP contribution in [0.15, 0.2) is 36.4 Å². The van der Waals surface area contributed by atoms with E-state index in [9.17, 15) is 15.0 Å². The molecule has 0 unspecified atom stereocenters. The normalized spacial score (nSPS) is 9.18. The third-order valence-electron chi connectivity index (χ3n) is 2.90. The van der Waals surface area contributed by atoms with Gasteiger partial charge in [-0.15, -0.1) is 0 Å². The van der Waals surface area contributed by atoms with Gasteiger partial charge in [0.1, 0.15) is 23.0 Å². The molecule has 0 spiro atoms. The van der Waals surface area contributed by atoms with Crippen LogP contribution in [0.4, 0.5) is 0 Å². The van der Waals surface area contributed by atoms with Crippen molar-refractivity contribution in [1.29, 1.82) is 0 Å². The molecule has 0 saturated heterocycles. The quantitative estimate of drug-likeness (QED) is 0.650. The Morgan fingerprint density at radius 2 is 1.18 bits per heavy atom. The molecule has 2 rings (SSSR count). The molecule has 7 heteroatoms. The second-order valence-corrected chi connectivity index (χ2v) is 4.10. The van der Waals surface area contributed by atoms with Crippen LogP contribution in [0.25, 0.3) is 0 Å². The number of aromatic hydroxyl groups is 2. The zero-order valence-corrected chi connectivity index (χ0v) is 11.1. The number of ketones is 1. The summed E-state index contributed by atoms with van der Waals surface area (Å²) < 4.78 is 9.90. The van der Waals surface area contributed by atoms with Crippen LogP contribution in [-0.2, 0) is 0 Å². The monoisotopic (exact) mass is 322 g/mol. The molecule has 2 aromatic carbocycles. The Morgan fingerprint density at radius 3 is 1.45 bits per heavy atom. The van der Waals surface area contributed by atoms with Crippen molar-refractivity contribution in [3.63, 3.8) is 0 Å². The van der Waals surface area contributed by atoms with E-state index < -0.39 is 5.78 Å². The van der Waals surface area contributed by atoms with E-state index in [1.165, 1.54) is 38.5 Å². The second-order valence-electron chi connectivity index (χ2n) is 4.10. The molecular weight excluding hydrogens is 306 g/mol. The summed E-state index contributed by atoms with van der Waals surface area (Å²) in [7, 11) is 2.93. The molecule has 0 aliphatic carbocycles. The average molecular weight is 322 g/mol. The molecule has 108 valence electrons. The first-order valence-corrected chi connectivity index (χ1v) is 5.85. The number of phenols is 2. The van der Waals surface area contributed by atoms with Gasteiger partial charge in [0.2, 0.25) is 0 Å². The number of carbonyl (C=O) groups excluding carboxylic acids is 1. The van der Waals surface area contributed by atoms with Crippen molar-refractivity contribution in [3.05, 3.63) is 47.5 Å². The van der Waals surface area contributed by atoms with Crippen LogP contribution in [0.5, 0.6) is 23.0 Å². The first-order valence-electron chi connectivity index (χ1n) is 5.85. The summed E-state index contributed by atoms with van der Waals surface area (Å²) in [5, 5.41) is 19.7. The predicted molar refractivity (Wildman–Crippen MR) is 87.0 cm³/mol. The van der Waals surface area contributed by atoms with Gasteiger partial charge < -0.3 is 19.7 Å². The molecular formula is C15H16Na2O5. The Kier molecular flexibility index (Phi) is 9.15. The van der Waals surface area contributed by atoms with Gasteiger partial charge in [0.25, 0.3) is 0 Å². The molecule has 0 heterocycles. The van der Waals surface area contributed by atoms with E-state index in [1.807, 2.05) is 0 Å². The first-order chi connectivity index (χ1) is 9.56. The molecule has 0 atom stereocenters. The number of benzene rings is 2. The summed E-state index contributed by atoms with van der Waals surface area (Å²) >= 11 is 0. The van der Waals surface area contributed by atoms with Crippen LogP contribution in [-0.4, -0.2) is 89.3 Å². The number of carbonyl (C=O) groups is 1. The molecule has 0 saturated carbocycles. The van der Waals surface area contributed by atoms with E-state index in [0.717, 1.165) is 0 Å². The van der Waals surface area contributed by atoms with Crippen LogP contribution in [0.1, 0.15) is 15.9 Å². The number of phenolic OH excluding ortho intramolecular Hbond substituents is 2. The van der Waals surface area contributed by atoms with Gasteiger partial charge in [-0.3, -0.25) is 4.79 Å². The molecule has 0 fully saturated rings. The van der Waals surface area contributed by atoms with Gasteiger partial charge in [0, 0.05) is 12.1 Å². The molecule has 0 bridgehead atoms. The van der Waals surface area contributed by atoms with Gasteiger partial charge in [-0.05, 0) is 24.3 Å². The molecule has 0 aromatic heterocycles. The maximum absolute atomic E-state index is 12.3. The fraction of sp³-hybridized carbons (Fsp3) is 0.133. The molecule has 0 aliphatic rings. The fourth-order valence-electron chi connectivity index (χ4n) is 1.81. The summed E-state index contributed by atoms with van der Waals surface area (Å²) in [6.07, 6.45) is 0. The Hall–Kier alpha value is -0.690. The molecule has 2 aromatic rings. The molecule has 0 radical (unpaired) electrons. The van der Waals surface area contributed by atoms with E-state index >= 15 is 0 Å². The number of ether oxygens (including phenoxy) is 2. The van der Waals surface area contributed by atoms with E-state index in [-0.39, 0.29) is 81.7 Å². The standard InChI is InChI=1S/C15H14O5.2Na.2H/c1-19-9-3-5-11(13(16)7-9)15(18)12-6-4-10(20-2)8-14(12)17;;;;/h3-8,16-17H,1-2H3;;;;. The van der Waals surface area contributed by atoms with Crippen molar-refractivity contribution >= 4 is 64.9 Å². The summed E-state index contributed by atoms with van der Waals surface area (Å²) in [4.78, 5) is 12.3. The maximum atomic E-state index is 12.3. The summed E-state index contributed by atoms with van der Waals surface area (Å²) in [6.45, 7) is 0. The molecule has 5 nitrogen and oxygen atoms in total. The number of hydrogen-bond donors (Lipinski definition) is 2. The van der Waals surface area contributed by atoms with Crippen molar-refractivity contribution in [2.45, 2.75) is 0 Å². The Labute approximate surface area is 172 Å². The third kappa shape index (κ3) is 4.65. The van der Waals surface area contributed by atoms with Crippen LogP contribution in [0, 0.1) is 0 Å². The van der Waals surface area contributed by atoms with E-state index in [1.54, 1.807) is 12.1 Å². The zero-order chi connectivity index (χ0) is 14.7. The van der Waals surface area contributed by atoms with Gasteiger partial charge in [-0.1, -0.05) is 0 Å². The number of rotatable bonds is 4. The van der Waals surface area contributed by atoms with Crippen molar-refractivity contribution in [2.24, 2.45) is 0 Å². The van der Waals surface area contributed by atoms with Gasteiger partial charge in [-0.25, -0.2) is 0 Å². The molecule has 2 N–H and O–H groups in total. The van der Waals surface area contributed by atoms with Crippen molar-refractivity contribution in [2.75, 3.05) is 14.2 Å². The molecule has 0 aliphatic heterocycles. The Bertz CT molecular complexity index is 603. The summed E-state index contributed by atoms with van der Waals surface area (Å²) in [5.74, 6) is -0.00421. The summed E-state index contributed by atoms with van der Waals surface area (Å²) in [6, 6.07) is 8.70. The van der Waals surface area contributed by atoms with Gasteiger partial charge in [0.15, 0.2) is 5.78 Å². The van der Waals surface area contributed by atoms with Crippen molar-refractivity contribution < 1.29 is 24.5 Å². The van der Waals surface area contributed by atoms with Gasteiger partial charge in [0.05, 0.1) is 25.3 Å². The van der Waals surface area contributed by atoms with Crippen molar-refractivity contribution in [3.8, 4) is 23.0 Å². The van der Waals surface area contributed by atoms with Crippen LogP contribution in [0.2, 0.25) is 0 Å². The molecule has 0 amide bonds. The fourth-order valence-corrected chi connectivity index (χ4v) is 1.81. The van der Waals surface area contributed by atoms with Crippen LogP contribution >= 0.6 is 0 Å². The van der Waals surface area contributed by atoms with E-state index in [2.05, 4.69) is 0 Å². The zero-order valence-electron chi connectivity index (χ0n) is 11.1. The number of hydrogen-bond acceptors (Lipinski definition) is 5. The minimum absolute atomic E-state index is 0. The Morgan fingerprint density at radius 1 is 0.818 bits per heavy atom. The molecule has 22 heavy (non-hydrogen) atoms. The SMILES string of the molecule is COc1ccc(C(=O)c2ccc(OC)cc2O)c(O)c1.[NaH].[NaH]. The van der Waals surface area contributed by atoms with Gasteiger partial charge >= 0.3 is 59.1 Å². The average Bonchev–Trinajstić information content (AvgIpc) is 2.46. The van der Waals surface area contributed by atoms with Crippen LogP contribution < -0.4 is 9.47 Å². The third-order valence-corrected chi connectivity index (χ3v) is 2.90. The first kappa shape index (κ1) is 21.3. The van der Waals surface area contributed by atoms with E-state index in [4.69, 9.17) is 9.47 Å².